The zero-order valence-electron chi connectivity index (χ0n) is 16.2. The molecule has 0 aliphatic carbocycles. The molecule has 0 amide bonds. The fourth-order valence-corrected chi connectivity index (χ4v) is 3.91. The highest BCUT2D eigenvalue weighted by atomic mass is 127. The van der Waals surface area contributed by atoms with E-state index in [0.717, 1.165) is 20.4 Å². The standard InChI is InChI=1S/C24H18FIN4/c1-15-6-8-17(9-7-15)23-28-24-27-21(16-10-12-18(26)13-11-16)14-22(30(24)29-23)19-4-2-3-5-20(19)25/h2-14,22H,1H3,(H,27,28,29)/t22-/m0/s1. The minimum atomic E-state index is -0.400. The Bertz CT molecular complexity index is 1240. The quantitative estimate of drug-likeness (QED) is 0.343. The third-order valence-corrected chi connectivity index (χ3v) is 5.87. The van der Waals surface area contributed by atoms with Crippen LogP contribution in [-0.2, 0) is 0 Å². The predicted octanol–water partition coefficient (Wildman–Crippen LogP) is 6.05. The molecule has 4 nitrogen and oxygen atoms in total. The summed E-state index contributed by atoms with van der Waals surface area (Å²) in [4.78, 5) is 4.73. The van der Waals surface area contributed by atoms with Crippen LogP contribution >= 0.6 is 22.6 Å². The number of fused-ring (bicyclic) bond motifs is 1. The van der Waals surface area contributed by atoms with Crippen LogP contribution in [0.1, 0.15) is 22.7 Å². The Balaban J connectivity index is 1.64. The van der Waals surface area contributed by atoms with Crippen LogP contribution in [0.2, 0.25) is 0 Å². The van der Waals surface area contributed by atoms with Gasteiger partial charge in [0.15, 0.2) is 5.82 Å². The van der Waals surface area contributed by atoms with Crippen molar-refractivity contribution >= 4 is 34.2 Å². The number of aromatic nitrogens is 3. The molecule has 148 valence electrons. The molecule has 0 bridgehead atoms. The van der Waals surface area contributed by atoms with Crippen molar-refractivity contribution in [3.8, 4) is 11.4 Å². The Labute approximate surface area is 187 Å². The average molecular weight is 508 g/mol. The number of nitrogens with one attached hydrogen (secondary N) is 1. The van der Waals surface area contributed by atoms with E-state index in [1.165, 1.54) is 11.6 Å². The molecule has 0 fully saturated rings. The first-order valence-corrected chi connectivity index (χ1v) is 10.7. The van der Waals surface area contributed by atoms with E-state index in [1.54, 1.807) is 16.8 Å². The molecular weight excluding hydrogens is 490 g/mol. The topological polar surface area (TPSA) is 42.7 Å². The molecule has 1 atom stereocenters. The number of hydrogen-bond acceptors (Lipinski definition) is 3. The third kappa shape index (κ3) is 3.52. The van der Waals surface area contributed by atoms with Gasteiger partial charge in [-0.2, -0.15) is 4.98 Å². The van der Waals surface area contributed by atoms with Crippen molar-refractivity contribution in [2.24, 2.45) is 0 Å². The zero-order valence-corrected chi connectivity index (χ0v) is 18.3. The van der Waals surface area contributed by atoms with Crippen LogP contribution in [0.4, 0.5) is 10.3 Å². The summed E-state index contributed by atoms with van der Waals surface area (Å²) in [7, 11) is 0. The van der Waals surface area contributed by atoms with Gasteiger partial charge in [0.1, 0.15) is 11.9 Å². The van der Waals surface area contributed by atoms with Crippen molar-refractivity contribution in [1.82, 2.24) is 14.8 Å². The number of rotatable bonds is 3. The van der Waals surface area contributed by atoms with Gasteiger partial charge >= 0.3 is 0 Å². The maximum absolute atomic E-state index is 14.7. The Morgan fingerprint density at radius 3 is 2.37 bits per heavy atom. The highest BCUT2D eigenvalue weighted by Gasteiger charge is 2.27. The van der Waals surface area contributed by atoms with Gasteiger partial charge in [-0.3, -0.25) is 0 Å². The Morgan fingerprint density at radius 1 is 0.933 bits per heavy atom. The number of anilines is 1. The van der Waals surface area contributed by atoms with Crippen molar-refractivity contribution in [2.75, 3.05) is 5.32 Å². The van der Waals surface area contributed by atoms with Gasteiger partial charge in [-0.1, -0.05) is 60.2 Å². The number of nitrogens with zero attached hydrogens (tertiary/aromatic N) is 3. The third-order valence-electron chi connectivity index (χ3n) is 5.15. The molecule has 1 aromatic heterocycles. The lowest BCUT2D eigenvalue weighted by atomic mass is 10.0. The summed E-state index contributed by atoms with van der Waals surface area (Å²) in [6.07, 6.45) is 2.00. The molecule has 6 heteroatoms. The van der Waals surface area contributed by atoms with Crippen LogP contribution in [0.3, 0.4) is 0 Å². The van der Waals surface area contributed by atoms with E-state index in [2.05, 4.69) is 27.9 Å². The number of allylic oxidation sites excluding steroid dienone is 1. The highest BCUT2D eigenvalue weighted by Crippen LogP contribution is 2.35. The van der Waals surface area contributed by atoms with Crippen LogP contribution < -0.4 is 5.32 Å². The molecule has 1 N–H and O–H groups in total. The smallest absolute Gasteiger partial charge is 0.227 e. The van der Waals surface area contributed by atoms with E-state index in [1.807, 2.05) is 67.6 Å². The summed E-state index contributed by atoms with van der Waals surface area (Å²) in [5, 5.41) is 8.10. The first kappa shape index (κ1) is 19.0. The summed E-state index contributed by atoms with van der Waals surface area (Å²) in [6, 6.07) is 22.7. The van der Waals surface area contributed by atoms with E-state index in [4.69, 9.17) is 10.1 Å². The molecule has 0 saturated heterocycles. The van der Waals surface area contributed by atoms with Crippen molar-refractivity contribution in [3.05, 3.63) is 105 Å². The summed E-state index contributed by atoms with van der Waals surface area (Å²) >= 11 is 2.28. The van der Waals surface area contributed by atoms with Crippen LogP contribution in [-0.4, -0.2) is 14.8 Å². The van der Waals surface area contributed by atoms with Crippen LogP contribution in [0.15, 0.2) is 78.9 Å². The lowest BCUT2D eigenvalue weighted by Gasteiger charge is -2.24. The van der Waals surface area contributed by atoms with Crippen LogP contribution in [0, 0.1) is 16.3 Å². The molecule has 5 rings (SSSR count). The van der Waals surface area contributed by atoms with Gasteiger partial charge in [-0.15, -0.1) is 5.10 Å². The molecule has 0 radical (unpaired) electrons. The predicted molar refractivity (Wildman–Crippen MR) is 125 cm³/mol. The highest BCUT2D eigenvalue weighted by molar-refractivity contribution is 14.1. The van der Waals surface area contributed by atoms with Gasteiger partial charge in [0.2, 0.25) is 5.95 Å². The van der Waals surface area contributed by atoms with Crippen LogP contribution in [0.5, 0.6) is 0 Å². The summed E-state index contributed by atoms with van der Waals surface area (Å²) < 4.78 is 17.6. The van der Waals surface area contributed by atoms with Crippen molar-refractivity contribution in [3.63, 3.8) is 0 Å². The van der Waals surface area contributed by atoms with Crippen molar-refractivity contribution < 1.29 is 4.39 Å². The van der Waals surface area contributed by atoms with Gasteiger partial charge < -0.3 is 5.32 Å². The first-order chi connectivity index (χ1) is 14.6. The SMILES string of the molecule is Cc1ccc(-c2nc3n(n2)[C@H](c2ccccc2F)C=C(c2ccc(I)cc2)N3)cc1. The minimum absolute atomic E-state index is 0.263. The molecule has 0 unspecified atom stereocenters. The van der Waals surface area contributed by atoms with E-state index in [9.17, 15) is 4.39 Å². The number of aryl methyl sites for hydroxylation is 1. The zero-order chi connectivity index (χ0) is 20.7. The van der Waals surface area contributed by atoms with E-state index in [-0.39, 0.29) is 5.82 Å². The second kappa shape index (κ2) is 7.68. The molecule has 1 aliphatic rings. The minimum Gasteiger partial charge on any atom is -0.324 e. The Morgan fingerprint density at radius 2 is 1.63 bits per heavy atom. The number of hydrogen-bond donors (Lipinski definition) is 1. The average Bonchev–Trinajstić information content (AvgIpc) is 3.19. The van der Waals surface area contributed by atoms with Gasteiger partial charge in [-0.05, 0) is 59.4 Å². The van der Waals surface area contributed by atoms with Crippen molar-refractivity contribution in [1.29, 1.82) is 0 Å². The second-order valence-corrected chi connectivity index (χ2v) is 8.49. The fraction of sp³-hybridized carbons (Fsp3) is 0.0833. The monoisotopic (exact) mass is 508 g/mol. The molecular formula is C24H18FIN4. The summed E-state index contributed by atoms with van der Waals surface area (Å²) in [5.74, 6) is 0.937. The normalized spacial score (nSPS) is 15.3. The Hall–Kier alpha value is -3.00. The number of benzene rings is 3. The summed E-state index contributed by atoms with van der Waals surface area (Å²) in [6.45, 7) is 2.04. The first-order valence-electron chi connectivity index (χ1n) is 9.61. The van der Waals surface area contributed by atoms with Crippen molar-refractivity contribution in [2.45, 2.75) is 13.0 Å². The Kier molecular flexibility index (Phi) is 4.86. The maximum atomic E-state index is 14.7. The lowest BCUT2D eigenvalue weighted by Crippen LogP contribution is -2.21. The molecule has 4 aromatic rings. The van der Waals surface area contributed by atoms with Crippen LogP contribution in [0.25, 0.3) is 17.1 Å². The molecule has 0 spiro atoms. The number of halogens is 2. The van der Waals surface area contributed by atoms with Gasteiger partial charge in [0.25, 0.3) is 0 Å². The molecule has 3 aromatic carbocycles. The molecule has 0 saturated carbocycles. The molecule has 30 heavy (non-hydrogen) atoms. The van der Waals surface area contributed by atoms with E-state index >= 15 is 0 Å². The summed E-state index contributed by atoms with van der Waals surface area (Å²) in [5.41, 5.74) is 4.56. The fourth-order valence-electron chi connectivity index (χ4n) is 3.55. The maximum Gasteiger partial charge on any atom is 0.227 e. The van der Waals surface area contributed by atoms with Gasteiger partial charge in [0.05, 0.1) is 0 Å². The van der Waals surface area contributed by atoms with E-state index < -0.39 is 6.04 Å². The lowest BCUT2D eigenvalue weighted by molar-refractivity contribution is 0.552. The molecule has 2 heterocycles. The van der Waals surface area contributed by atoms with Gasteiger partial charge in [-0.25, -0.2) is 9.07 Å². The van der Waals surface area contributed by atoms with Gasteiger partial charge in [0, 0.05) is 20.4 Å². The molecule has 1 aliphatic heterocycles. The van der Waals surface area contributed by atoms with E-state index in [0.29, 0.717) is 17.3 Å². The largest absolute Gasteiger partial charge is 0.324 e. The second-order valence-electron chi connectivity index (χ2n) is 7.25.